The minimum absolute atomic E-state index is 0.281. The van der Waals surface area contributed by atoms with Crippen molar-refractivity contribution < 1.29 is 9.90 Å². The third kappa shape index (κ3) is 2.66. The van der Waals surface area contributed by atoms with Crippen LogP contribution < -0.4 is 4.90 Å². The van der Waals surface area contributed by atoms with Crippen molar-refractivity contribution in [3.8, 4) is 5.69 Å². The average molecular weight is 273 g/mol. The lowest BCUT2D eigenvalue weighted by Crippen LogP contribution is -2.09. The van der Waals surface area contributed by atoms with Crippen molar-refractivity contribution in [2.24, 2.45) is 0 Å². The molecular weight excluding hydrogens is 254 g/mol. The van der Waals surface area contributed by atoms with Gasteiger partial charge in [0.15, 0.2) is 0 Å². The number of nitrogens with zero attached hydrogens (tertiary/aromatic N) is 3. The second kappa shape index (κ2) is 5.77. The van der Waals surface area contributed by atoms with Crippen LogP contribution in [0.25, 0.3) is 5.69 Å². The van der Waals surface area contributed by atoms with Crippen molar-refractivity contribution >= 4 is 11.7 Å². The maximum atomic E-state index is 11.2. The molecule has 0 bridgehead atoms. The van der Waals surface area contributed by atoms with Crippen LogP contribution in [0.2, 0.25) is 0 Å². The van der Waals surface area contributed by atoms with Crippen LogP contribution in [-0.2, 0) is 6.42 Å². The highest BCUT2D eigenvalue weighted by Gasteiger charge is 2.16. The quantitative estimate of drug-likeness (QED) is 0.909. The minimum Gasteiger partial charge on any atom is -0.478 e. The predicted octanol–water partition coefficient (Wildman–Crippen LogP) is 2.59. The lowest BCUT2D eigenvalue weighted by molar-refractivity contribution is 0.0695. The van der Waals surface area contributed by atoms with Gasteiger partial charge in [-0.3, -0.25) is 0 Å². The predicted molar refractivity (Wildman–Crippen MR) is 78.8 cm³/mol. The molecule has 1 heterocycles. The standard InChI is InChI=1S/C15H19N3O2/c1-4-5-14-13(15(19)20)10-16-18(14)12-8-6-11(7-9-12)17(2)3/h6-10H,4-5H2,1-3H3,(H,19,20). The molecule has 0 spiro atoms. The molecule has 0 aliphatic carbocycles. The molecule has 1 aromatic heterocycles. The highest BCUT2D eigenvalue weighted by Crippen LogP contribution is 2.19. The topological polar surface area (TPSA) is 58.4 Å². The van der Waals surface area contributed by atoms with Crippen LogP contribution in [0.3, 0.4) is 0 Å². The highest BCUT2D eigenvalue weighted by atomic mass is 16.4. The van der Waals surface area contributed by atoms with E-state index >= 15 is 0 Å². The van der Waals surface area contributed by atoms with Gasteiger partial charge in [0.05, 0.1) is 17.6 Å². The van der Waals surface area contributed by atoms with Gasteiger partial charge in [-0.1, -0.05) is 13.3 Å². The summed E-state index contributed by atoms with van der Waals surface area (Å²) in [4.78, 5) is 13.2. The normalized spacial score (nSPS) is 10.6. The van der Waals surface area contributed by atoms with Gasteiger partial charge in [0.2, 0.25) is 0 Å². The number of aromatic nitrogens is 2. The largest absolute Gasteiger partial charge is 0.478 e. The Morgan fingerprint density at radius 1 is 1.30 bits per heavy atom. The van der Waals surface area contributed by atoms with Crippen molar-refractivity contribution in [3.05, 3.63) is 41.7 Å². The molecule has 1 N–H and O–H groups in total. The molecule has 0 aliphatic rings. The summed E-state index contributed by atoms with van der Waals surface area (Å²) in [5.74, 6) is -0.926. The number of aromatic carboxylic acids is 1. The van der Waals surface area contributed by atoms with E-state index in [4.69, 9.17) is 0 Å². The van der Waals surface area contributed by atoms with Crippen LogP contribution in [0.1, 0.15) is 29.4 Å². The Morgan fingerprint density at radius 2 is 1.95 bits per heavy atom. The van der Waals surface area contributed by atoms with Crippen LogP contribution in [0.5, 0.6) is 0 Å². The number of rotatable bonds is 5. The van der Waals surface area contributed by atoms with Crippen LogP contribution in [-0.4, -0.2) is 35.0 Å². The molecule has 0 radical (unpaired) electrons. The van der Waals surface area contributed by atoms with Crippen molar-refractivity contribution in [3.63, 3.8) is 0 Å². The Kier molecular flexibility index (Phi) is 4.08. The first-order valence-electron chi connectivity index (χ1n) is 6.62. The zero-order valence-corrected chi connectivity index (χ0v) is 12.0. The minimum atomic E-state index is -0.926. The zero-order chi connectivity index (χ0) is 14.7. The monoisotopic (exact) mass is 273 g/mol. The Morgan fingerprint density at radius 3 is 2.45 bits per heavy atom. The van der Waals surface area contributed by atoms with Gasteiger partial charge in [-0.15, -0.1) is 0 Å². The Bertz CT molecular complexity index is 600. The molecule has 106 valence electrons. The van der Waals surface area contributed by atoms with Gasteiger partial charge in [-0.25, -0.2) is 9.48 Å². The SMILES string of the molecule is CCCc1c(C(=O)O)cnn1-c1ccc(N(C)C)cc1. The number of carboxylic acid groups (broad SMARTS) is 1. The molecular formula is C15H19N3O2. The van der Waals surface area contributed by atoms with Gasteiger partial charge >= 0.3 is 5.97 Å². The van der Waals surface area contributed by atoms with E-state index in [1.54, 1.807) is 4.68 Å². The summed E-state index contributed by atoms with van der Waals surface area (Å²) in [7, 11) is 3.96. The molecule has 20 heavy (non-hydrogen) atoms. The summed E-state index contributed by atoms with van der Waals surface area (Å²) in [6.45, 7) is 2.03. The van der Waals surface area contributed by atoms with Crippen LogP contribution in [0, 0.1) is 0 Å². The van der Waals surface area contributed by atoms with E-state index in [2.05, 4.69) is 5.10 Å². The summed E-state index contributed by atoms with van der Waals surface area (Å²) in [5, 5.41) is 13.4. The molecule has 2 rings (SSSR count). The first-order chi connectivity index (χ1) is 9.54. The molecule has 1 aromatic carbocycles. The molecule has 0 fully saturated rings. The van der Waals surface area contributed by atoms with Gasteiger partial charge in [0.1, 0.15) is 5.56 Å². The fourth-order valence-corrected chi connectivity index (χ4v) is 2.14. The van der Waals surface area contributed by atoms with E-state index in [1.807, 2.05) is 50.2 Å². The molecule has 5 nitrogen and oxygen atoms in total. The average Bonchev–Trinajstić information content (AvgIpc) is 2.83. The Hall–Kier alpha value is -2.30. The third-order valence-corrected chi connectivity index (χ3v) is 3.20. The zero-order valence-electron chi connectivity index (χ0n) is 12.0. The van der Waals surface area contributed by atoms with Crippen LogP contribution in [0.4, 0.5) is 5.69 Å². The second-order valence-corrected chi connectivity index (χ2v) is 4.88. The van der Waals surface area contributed by atoms with Crippen LogP contribution >= 0.6 is 0 Å². The summed E-state index contributed by atoms with van der Waals surface area (Å²) in [6.07, 6.45) is 2.99. The summed E-state index contributed by atoms with van der Waals surface area (Å²) < 4.78 is 1.71. The van der Waals surface area contributed by atoms with E-state index < -0.39 is 5.97 Å². The van der Waals surface area contributed by atoms with E-state index in [0.29, 0.717) is 6.42 Å². The second-order valence-electron chi connectivity index (χ2n) is 4.88. The van der Waals surface area contributed by atoms with Gasteiger partial charge in [0.25, 0.3) is 0 Å². The smallest absolute Gasteiger partial charge is 0.339 e. The van der Waals surface area contributed by atoms with E-state index in [9.17, 15) is 9.90 Å². The number of carbonyl (C=O) groups is 1. The number of carboxylic acids is 1. The molecule has 0 saturated heterocycles. The third-order valence-electron chi connectivity index (χ3n) is 3.20. The fraction of sp³-hybridized carbons (Fsp3) is 0.333. The fourth-order valence-electron chi connectivity index (χ4n) is 2.14. The molecule has 0 unspecified atom stereocenters. The number of hydrogen-bond acceptors (Lipinski definition) is 3. The number of anilines is 1. The van der Waals surface area contributed by atoms with E-state index in [0.717, 1.165) is 23.5 Å². The highest BCUT2D eigenvalue weighted by molar-refractivity contribution is 5.88. The van der Waals surface area contributed by atoms with Gasteiger partial charge in [-0.05, 0) is 30.7 Å². The van der Waals surface area contributed by atoms with Gasteiger partial charge < -0.3 is 10.0 Å². The summed E-state index contributed by atoms with van der Waals surface area (Å²) >= 11 is 0. The van der Waals surface area contributed by atoms with Crippen molar-refractivity contribution in [2.75, 3.05) is 19.0 Å². The van der Waals surface area contributed by atoms with Gasteiger partial charge in [0, 0.05) is 19.8 Å². The van der Waals surface area contributed by atoms with E-state index in [-0.39, 0.29) is 5.56 Å². The first-order valence-corrected chi connectivity index (χ1v) is 6.62. The first kappa shape index (κ1) is 14.1. The lowest BCUT2D eigenvalue weighted by atomic mass is 10.1. The number of benzene rings is 1. The lowest BCUT2D eigenvalue weighted by Gasteiger charge is -2.13. The van der Waals surface area contributed by atoms with Crippen molar-refractivity contribution in [1.82, 2.24) is 9.78 Å². The molecule has 0 amide bonds. The molecule has 0 atom stereocenters. The Balaban J connectivity index is 2.43. The van der Waals surface area contributed by atoms with Crippen LogP contribution in [0.15, 0.2) is 30.5 Å². The molecule has 0 saturated carbocycles. The van der Waals surface area contributed by atoms with E-state index in [1.165, 1.54) is 6.20 Å². The van der Waals surface area contributed by atoms with Gasteiger partial charge in [-0.2, -0.15) is 5.10 Å². The summed E-state index contributed by atoms with van der Waals surface area (Å²) in [6, 6.07) is 7.89. The summed E-state index contributed by atoms with van der Waals surface area (Å²) in [5.41, 5.74) is 3.00. The van der Waals surface area contributed by atoms with Crippen molar-refractivity contribution in [1.29, 1.82) is 0 Å². The molecule has 2 aromatic rings. The molecule has 5 heteroatoms. The maximum absolute atomic E-state index is 11.2. The Labute approximate surface area is 118 Å². The molecule has 0 aliphatic heterocycles. The van der Waals surface area contributed by atoms with Crippen molar-refractivity contribution in [2.45, 2.75) is 19.8 Å². The number of hydrogen-bond donors (Lipinski definition) is 1. The maximum Gasteiger partial charge on any atom is 0.339 e.